The summed E-state index contributed by atoms with van der Waals surface area (Å²) in [6.07, 6.45) is 0.576. The molecule has 2 amide bonds. The van der Waals surface area contributed by atoms with Gasteiger partial charge in [-0.2, -0.15) is 12.6 Å². The van der Waals surface area contributed by atoms with Crippen LogP contribution in [0, 0.1) is 0 Å². The van der Waals surface area contributed by atoms with E-state index in [0.29, 0.717) is 19.6 Å². The molecule has 10 nitrogen and oxygen atoms in total. The lowest BCUT2D eigenvalue weighted by molar-refractivity contribution is -0.140. The van der Waals surface area contributed by atoms with Crippen LogP contribution >= 0.6 is 12.6 Å². The van der Waals surface area contributed by atoms with Crippen molar-refractivity contribution in [2.45, 2.75) is 31.3 Å². The third-order valence-corrected chi connectivity index (χ3v) is 3.49. The molecule has 2 unspecified atom stereocenters. The Morgan fingerprint density at radius 2 is 1.84 bits per heavy atom. The minimum absolute atomic E-state index is 0.0190. The van der Waals surface area contributed by atoms with E-state index in [-0.39, 0.29) is 18.6 Å². The number of aliphatic carboxylic acids is 2. The largest absolute Gasteiger partial charge is 0.480 e. The topological polar surface area (TPSA) is 154 Å². The zero-order chi connectivity index (χ0) is 19.2. The summed E-state index contributed by atoms with van der Waals surface area (Å²) in [5, 5.41) is 25.0. The normalized spacial score (nSPS) is 12.9. The molecule has 0 aromatic carbocycles. The molecule has 11 heteroatoms. The molecule has 0 radical (unpaired) electrons. The Labute approximate surface area is 151 Å². The Morgan fingerprint density at radius 1 is 1.16 bits per heavy atom. The number of rotatable bonds is 14. The number of carbonyl (C=O) groups excluding carboxylic acids is 2. The molecule has 0 aliphatic rings. The molecule has 0 saturated heterocycles. The van der Waals surface area contributed by atoms with E-state index in [1.54, 1.807) is 7.11 Å². The van der Waals surface area contributed by atoms with E-state index in [2.05, 4.69) is 28.6 Å². The molecule has 5 N–H and O–H groups in total. The number of ether oxygens (including phenoxy) is 1. The molecule has 0 rings (SSSR count). The minimum atomic E-state index is -1.21. The van der Waals surface area contributed by atoms with E-state index < -0.39 is 42.4 Å². The third-order valence-electron chi connectivity index (χ3n) is 3.12. The van der Waals surface area contributed by atoms with Gasteiger partial charge >= 0.3 is 11.9 Å². The van der Waals surface area contributed by atoms with Gasteiger partial charge in [-0.15, -0.1) is 0 Å². The van der Waals surface area contributed by atoms with E-state index in [9.17, 15) is 19.2 Å². The van der Waals surface area contributed by atoms with Crippen LogP contribution in [0.5, 0.6) is 0 Å². The molecule has 0 saturated carbocycles. The van der Waals surface area contributed by atoms with Crippen molar-refractivity contribution in [2.24, 2.45) is 0 Å². The smallest absolute Gasteiger partial charge is 0.322 e. The molecule has 0 fully saturated rings. The van der Waals surface area contributed by atoms with E-state index >= 15 is 0 Å². The van der Waals surface area contributed by atoms with Crippen molar-refractivity contribution in [3.05, 3.63) is 0 Å². The van der Waals surface area contributed by atoms with Gasteiger partial charge in [0.15, 0.2) is 0 Å². The van der Waals surface area contributed by atoms with Crippen molar-refractivity contribution in [1.29, 1.82) is 0 Å². The number of hydrogen-bond donors (Lipinski definition) is 6. The maximum absolute atomic E-state index is 11.9. The molecular weight excluding hydrogens is 354 g/mol. The lowest BCUT2D eigenvalue weighted by atomic mass is 10.1. The van der Waals surface area contributed by atoms with Crippen LogP contribution in [0.3, 0.4) is 0 Å². The van der Waals surface area contributed by atoms with Crippen molar-refractivity contribution >= 4 is 36.4 Å². The number of carboxylic acids is 2. The van der Waals surface area contributed by atoms with Crippen LogP contribution in [-0.4, -0.2) is 78.6 Å². The Kier molecular flexibility index (Phi) is 12.4. The number of hydrogen-bond acceptors (Lipinski definition) is 7. The maximum Gasteiger partial charge on any atom is 0.322 e. The van der Waals surface area contributed by atoms with Gasteiger partial charge in [-0.25, -0.2) is 0 Å². The number of carbonyl (C=O) groups is 4. The fourth-order valence-corrected chi connectivity index (χ4v) is 2.08. The van der Waals surface area contributed by atoms with Crippen LogP contribution in [0.1, 0.15) is 19.3 Å². The summed E-state index contributed by atoms with van der Waals surface area (Å²) < 4.78 is 4.86. The molecular formula is C14H25N3O7S. The summed E-state index contributed by atoms with van der Waals surface area (Å²) in [6, 6.07) is -1.88. The summed E-state index contributed by atoms with van der Waals surface area (Å²) in [6.45, 7) is 0.365. The average Bonchev–Trinajstić information content (AvgIpc) is 2.56. The molecule has 2 atom stereocenters. The van der Waals surface area contributed by atoms with Crippen LogP contribution in [0.2, 0.25) is 0 Å². The number of amides is 2. The average molecular weight is 379 g/mol. The fourth-order valence-electron chi connectivity index (χ4n) is 1.83. The highest BCUT2D eigenvalue weighted by molar-refractivity contribution is 7.80. The molecule has 0 spiro atoms. The molecule has 0 aliphatic heterocycles. The van der Waals surface area contributed by atoms with Gasteiger partial charge < -0.3 is 30.9 Å². The van der Waals surface area contributed by atoms with E-state index in [4.69, 9.17) is 14.9 Å². The van der Waals surface area contributed by atoms with Gasteiger partial charge in [-0.1, -0.05) is 0 Å². The summed E-state index contributed by atoms with van der Waals surface area (Å²) in [7, 11) is 1.55. The van der Waals surface area contributed by atoms with E-state index in [0.717, 1.165) is 0 Å². The second-order valence-corrected chi connectivity index (χ2v) is 5.51. The van der Waals surface area contributed by atoms with Crippen LogP contribution < -0.4 is 16.0 Å². The van der Waals surface area contributed by atoms with Crippen molar-refractivity contribution in [2.75, 3.05) is 32.6 Å². The summed E-state index contributed by atoms with van der Waals surface area (Å²) >= 11 is 3.94. The quantitative estimate of drug-likeness (QED) is 0.157. The first-order valence-corrected chi connectivity index (χ1v) is 8.29. The van der Waals surface area contributed by atoms with Gasteiger partial charge in [-0.3, -0.25) is 19.2 Å². The first kappa shape index (κ1) is 23.1. The number of thiol groups is 1. The number of methoxy groups -OCH3 is 1. The van der Waals surface area contributed by atoms with Gasteiger partial charge in [0.2, 0.25) is 11.8 Å². The predicted molar refractivity (Wildman–Crippen MR) is 91.6 cm³/mol. The molecule has 144 valence electrons. The first-order valence-electron chi connectivity index (χ1n) is 7.66. The van der Waals surface area contributed by atoms with Gasteiger partial charge in [0.05, 0.1) is 0 Å². The van der Waals surface area contributed by atoms with Crippen LogP contribution in [0.25, 0.3) is 0 Å². The Morgan fingerprint density at radius 3 is 2.36 bits per heavy atom. The summed E-state index contributed by atoms with van der Waals surface area (Å²) in [5.41, 5.74) is 0. The fraction of sp³-hybridized carbons (Fsp3) is 0.714. The second kappa shape index (κ2) is 13.4. The van der Waals surface area contributed by atoms with Gasteiger partial charge in [0.25, 0.3) is 0 Å². The second-order valence-electron chi connectivity index (χ2n) is 5.14. The Balaban J connectivity index is 4.32. The van der Waals surface area contributed by atoms with Gasteiger partial charge in [0.1, 0.15) is 18.6 Å². The third kappa shape index (κ3) is 11.3. The van der Waals surface area contributed by atoms with Crippen molar-refractivity contribution in [1.82, 2.24) is 16.0 Å². The molecule has 0 aromatic heterocycles. The maximum atomic E-state index is 11.9. The van der Waals surface area contributed by atoms with Crippen LogP contribution in [0.4, 0.5) is 0 Å². The lowest BCUT2D eigenvalue weighted by Gasteiger charge is -2.17. The molecule has 0 aromatic rings. The molecule has 0 aliphatic carbocycles. The Hall–Kier alpha value is -1.85. The number of carboxylic acid groups (broad SMARTS) is 2. The van der Waals surface area contributed by atoms with Crippen molar-refractivity contribution in [3.8, 4) is 0 Å². The SMILES string of the molecule is COCCCNC(CCC(=O)NC(CS)C(=O)NCC(=O)O)C(=O)O. The summed E-state index contributed by atoms with van der Waals surface area (Å²) in [4.78, 5) is 45.2. The van der Waals surface area contributed by atoms with Gasteiger partial charge in [0, 0.05) is 25.9 Å². The highest BCUT2D eigenvalue weighted by Crippen LogP contribution is 2.00. The van der Waals surface area contributed by atoms with Crippen molar-refractivity contribution in [3.63, 3.8) is 0 Å². The standard InChI is InChI=1S/C14H25N3O7S/c1-24-6-2-5-15-9(14(22)23)3-4-11(18)17-10(8-25)13(21)16-7-12(19)20/h9-10,15,25H,2-8H2,1H3,(H,16,21)(H,17,18)(H,19,20)(H,22,23). The van der Waals surface area contributed by atoms with E-state index in [1.807, 2.05) is 0 Å². The zero-order valence-corrected chi connectivity index (χ0v) is 14.9. The zero-order valence-electron chi connectivity index (χ0n) is 14.0. The Bertz CT molecular complexity index is 462. The monoisotopic (exact) mass is 379 g/mol. The number of nitrogens with one attached hydrogen (secondary N) is 3. The van der Waals surface area contributed by atoms with E-state index in [1.165, 1.54) is 0 Å². The lowest BCUT2D eigenvalue weighted by Crippen LogP contribution is -2.49. The predicted octanol–water partition coefficient (Wildman–Crippen LogP) is -1.54. The van der Waals surface area contributed by atoms with Crippen LogP contribution in [-0.2, 0) is 23.9 Å². The van der Waals surface area contributed by atoms with Gasteiger partial charge in [-0.05, 0) is 19.4 Å². The summed E-state index contributed by atoms with van der Waals surface area (Å²) in [5.74, 6) is -3.49. The van der Waals surface area contributed by atoms with Crippen molar-refractivity contribution < 1.29 is 34.1 Å². The minimum Gasteiger partial charge on any atom is -0.480 e. The first-order chi connectivity index (χ1) is 11.8. The molecule has 25 heavy (non-hydrogen) atoms. The highest BCUT2D eigenvalue weighted by atomic mass is 32.1. The van der Waals surface area contributed by atoms with Crippen LogP contribution in [0.15, 0.2) is 0 Å². The highest BCUT2D eigenvalue weighted by Gasteiger charge is 2.22. The molecule has 0 bridgehead atoms. The molecule has 0 heterocycles.